The minimum absolute atomic E-state index is 0.00156. The number of carbonyl (C=O) groups is 1. The summed E-state index contributed by atoms with van der Waals surface area (Å²) >= 11 is 0. The van der Waals surface area contributed by atoms with Gasteiger partial charge in [-0.15, -0.1) is 0 Å². The first kappa shape index (κ1) is 22.3. The molecule has 1 saturated heterocycles. The van der Waals surface area contributed by atoms with Crippen molar-refractivity contribution in [2.24, 2.45) is 0 Å². The molecule has 2 N–H and O–H groups in total. The molecule has 4 rings (SSSR count). The Morgan fingerprint density at radius 3 is 2.81 bits per heavy atom. The van der Waals surface area contributed by atoms with Crippen LogP contribution in [-0.2, 0) is 4.74 Å². The second kappa shape index (κ2) is 9.32. The van der Waals surface area contributed by atoms with Crippen LogP contribution in [0, 0.1) is 0 Å². The van der Waals surface area contributed by atoms with E-state index in [4.69, 9.17) is 9.72 Å². The average molecular weight is 449 g/mol. The van der Waals surface area contributed by atoms with Crippen LogP contribution in [-0.4, -0.2) is 48.2 Å². The van der Waals surface area contributed by atoms with Gasteiger partial charge in [-0.05, 0) is 36.6 Å². The Balaban J connectivity index is 1.84. The lowest BCUT2D eigenvalue weighted by Crippen LogP contribution is -2.50. The van der Waals surface area contributed by atoms with Gasteiger partial charge in [0.1, 0.15) is 17.8 Å². The van der Waals surface area contributed by atoms with Crippen LogP contribution in [0.1, 0.15) is 50.1 Å². The minimum atomic E-state index is -2.95. The SMILES string of the molecule is CCC1CN(c2cc(C(F)CC)cc(-c3ccnc4c3C(C(F)F)OC(=O)N4)n2)CCN1. The third-order valence-electron chi connectivity index (χ3n) is 5.86. The molecule has 2 aliphatic heterocycles. The summed E-state index contributed by atoms with van der Waals surface area (Å²) in [6.07, 6.45) is -4.33. The molecule has 0 bridgehead atoms. The Morgan fingerprint density at radius 1 is 1.28 bits per heavy atom. The number of piperazine rings is 1. The number of halogens is 3. The fraction of sp³-hybridized carbons (Fsp3) is 0.500. The lowest BCUT2D eigenvalue weighted by molar-refractivity contribution is -0.0168. The molecule has 7 nitrogen and oxygen atoms in total. The Hall–Kier alpha value is -2.88. The predicted molar refractivity (Wildman–Crippen MR) is 115 cm³/mol. The summed E-state index contributed by atoms with van der Waals surface area (Å²) in [5.74, 6) is 0.590. The first-order valence-electron chi connectivity index (χ1n) is 10.8. The first-order valence-corrected chi connectivity index (χ1v) is 10.8. The number of carbonyl (C=O) groups excluding carboxylic acids is 1. The summed E-state index contributed by atoms with van der Waals surface area (Å²) in [5, 5.41) is 5.80. The number of nitrogens with one attached hydrogen (secondary N) is 2. The van der Waals surface area contributed by atoms with Crippen molar-refractivity contribution >= 4 is 17.7 Å². The molecule has 0 spiro atoms. The molecule has 2 aromatic heterocycles. The van der Waals surface area contributed by atoms with Crippen LogP contribution < -0.4 is 15.5 Å². The number of cyclic esters (lactones) is 1. The van der Waals surface area contributed by atoms with Crippen molar-refractivity contribution in [2.75, 3.05) is 29.9 Å². The van der Waals surface area contributed by atoms with E-state index in [0.717, 1.165) is 13.0 Å². The molecule has 1 amide bonds. The molecule has 3 unspecified atom stereocenters. The zero-order valence-electron chi connectivity index (χ0n) is 17.9. The topological polar surface area (TPSA) is 79.4 Å². The first-order chi connectivity index (χ1) is 15.4. The lowest BCUT2D eigenvalue weighted by Gasteiger charge is -2.34. The summed E-state index contributed by atoms with van der Waals surface area (Å²) in [6, 6.07) is 5.12. The monoisotopic (exact) mass is 449 g/mol. The summed E-state index contributed by atoms with van der Waals surface area (Å²) in [4.78, 5) is 22.5. The highest BCUT2D eigenvalue weighted by atomic mass is 19.3. The molecule has 32 heavy (non-hydrogen) atoms. The van der Waals surface area contributed by atoms with Crippen LogP contribution in [0.15, 0.2) is 24.4 Å². The number of anilines is 2. The highest BCUT2D eigenvalue weighted by Crippen LogP contribution is 2.41. The van der Waals surface area contributed by atoms with Crippen molar-refractivity contribution in [3.05, 3.63) is 35.5 Å². The molecule has 0 radical (unpaired) electrons. The van der Waals surface area contributed by atoms with Crippen LogP contribution in [0.5, 0.6) is 0 Å². The third kappa shape index (κ3) is 4.36. The van der Waals surface area contributed by atoms with Crippen LogP contribution in [0.25, 0.3) is 11.3 Å². The van der Waals surface area contributed by atoms with E-state index in [0.29, 0.717) is 35.7 Å². The van der Waals surface area contributed by atoms with Gasteiger partial charge >= 0.3 is 6.09 Å². The second-order valence-electron chi connectivity index (χ2n) is 7.93. The number of pyridine rings is 2. The van der Waals surface area contributed by atoms with Gasteiger partial charge in [-0.2, -0.15) is 0 Å². The number of aromatic nitrogens is 2. The van der Waals surface area contributed by atoms with Crippen molar-refractivity contribution in [3.63, 3.8) is 0 Å². The third-order valence-corrected chi connectivity index (χ3v) is 5.86. The number of fused-ring (bicyclic) bond motifs is 1. The molecular weight excluding hydrogens is 423 g/mol. The van der Waals surface area contributed by atoms with Gasteiger partial charge in [-0.25, -0.2) is 27.9 Å². The molecule has 0 saturated carbocycles. The van der Waals surface area contributed by atoms with Gasteiger partial charge < -0.3 is 15.0 Å². The van der Waals surface area contributed by atoms with Crippen molar-refractivity contribution < 1.29 is 22.7 Å². The quantitative estimate of drug-likeness (QED) is 0.670. The van der Waals surface area contributed by atoms with E-state index < -0.39 is 24.8 Å². The van der Waals surface area contributed by atoms with Gasteiger partial charge in [-0.1, -0.05) is 13.8 Å². The highest BCUT2D eigenvalue weighted by molar-refractivity contribution is 5.89. The number of hydrogen-bond acceptors (Lipinski definition) is 6. The molecule has 2 aromatic rings. The largest absolute Gasteiger partial charge is 0.435 e. The molecule has 172 valence electrons. The number of amides is 1. The van der Waals surface area contributed by atoms with Crippen LogP contribution in [0.2, 0.25) is 0 Å². The van der Waals surface area contributed by atoms with Crippen molar-refractivity contribution in [1.29, 1.82) is 0 Å². The van der Waals surface area contributed by atoms with Gasteiger partial charge in [0.15, 0.2) is 6.10 Å². The Morgan fingerprint density at radius 2 is 2.09 bits per heavy atom. The average Bonchev–Trinajstić information content (AvgIpc) is 2.82. The fourth-order valence-electron chi connectivity index (χ4n) is 4.12. The number of hydrogen-bond donors (Lipinski definition) is 2. The molecule has 10 heteroatoms. The van der Waals surface area contributed by atoms with Crippen LogP contribution in [0.3, 0.4) is 0 Å². The summed E-state index contributed by atoms with van der Waals surface area (Å²) < 4.78 is 47.1. The van der Waals surface area contributed by atoms with Gasteiger partial charge in [0.05, 0.1) is 11.3 Å². The molecule has 4 heterocycles. The second-order valence-corrected chi connectivity index (χ2v) is 7.93. The Kier molecular flexibility index (Phi) is 6.50. The lowest BCUT2D eigenvalue weighted by atomic mass is 9.97. The van der Waals surface area contributed by atoms with Crippen molar-refractivity contribution in [3.8, 4) is 11.3 Å². The molecular formula is C22H26F3N5O2. The smallest absolute Gasteiger partial charge is 0.413 e. The Labute approximate surface area is 184 Å². The van der Waals surface area contributed by atoms with Crippen molar-refractivity contribution in [1.82, 2.24) is 15.3 Å². The van der Waals surface area contributed by atoms with E-state index in [2.05, 4.69) is 27.4 Å². The number of ether oxygens (including phenoxy) is 1. The zero-order chi connectivity index (χ0) is 22.8. The van der Waals surface area contributed by atoms with E-state index in [1.165, 1.54) is 12.3 Å². The normalized spacial score (nSPS) is 21.7. The van der Waals surface area contributed by atoms with E-state index in [1.54, 1.807) is 19.1 Å². The Bertz CT molecular complexity index is 990. The number of alkyl halides is 3. The van der Waals surface area contributed by atoms with Gasteiger partial charge in [0.25, 0.3) is 6.43 Å². The fourth-order valence-corrected chi connectivity index (χ4v) is 4.12. The van der Waals surface area contributed by atoms with Gasteiger partial charge in [0.2, 0.25) is 0 Å². The van der Waals surface area contributed by atoms with Crippen molar-refractivity contribution in [2.45, 2.75) is 51.4 Å². The van der Waals surface area contributed by atoms with E-state index in [1.807, 2.05) is 0 Å². The van der Waals surface area contributed by atoms with Crippen LogP contribution >= 0.6 is 0 Å². The summed E-state index contributed by atoms with van der Waals surface area (Å²) in [5.41, 5.74) is 1.13. The maximum absolute atomic E-state index is 14.8. The molecule has 1 fully saturated rings. The standard InChI is InChI=1S/C22H26F3N5O2/c1-3-13-11-30(8-7-26-13)17-10-12(15(23)4-2)9-16(28-17)14-5-6-27-21-18(14)19(20(24)25)32-22(31)29-21/h5-6,9-10,13,15,19-20,26H,3-4,7-8,11H2,1-2H3,(H,27,29,31). The van der Waals surface area contributed by atoms with E-state index >= 15 is 0 Å². The number of rotatable bonds is 6. The molecule has 0 aliphatic carbocycles. The summed E-state index contributed by atoms with van der Waals surface area (Å²) in [6.45, 7) is 6.01. The minimum Gasteiger partial charge on any atom is -0.435 e. The highest BCUT2D eigenvalue weighted by Gasteiger charge is 2.37. The number of nitrogens with zero attached hydrogens (tertiary/aromatic N) is 3. The van der Waals surface area contributed by atoms with E-state index in [9.17, 15) is 18.0 Å². The van der Waals surface area contributed by atoms with E-state index in [-0.39, 0.29) is 23.8 Å². The molecule has 3 atom stereocenters. The molecule has 0 aromatic carbocycles. The van der Waals surface area contributed by atoms with Gasteiger partial charge in [-0.3, -0.25) is 5.32 Å². The maximum Gasteiger partial charge on any atom is 0.413 e. The predicted octanol–water partition coefficient (Wildman–Crippen LogP) is 4.62. The van der Waals surface area contributed by atoms with Gasteiger partial charge in [0, 0.05) is 37.4 Å². The molecule has 2 aliphatic rings. The summed E-state index contributed by atoms with van der Waals surface area (Å²) in [7, 11) is 0. The maximum atomic E-state index is 14.8. The van der Waals surface area contributed by atoms with Crippen LogP contribution in [0.4, 0.5) is 29.6 Å². The zero-order valence-corrected chi connectivity index (χ0v) is 17.9.